The molecule has 1 saturated carbocycles. The average molecular weight is 238 g/mol. The summed E-state index contributed by atoms with van der Waals surface area (Å²) in [5.74, 6) is 1.86. The molecule has 2 aliphatic rings. The van der Waals surface area contributed by atoms with Crippen LogP contribution in [0, 0.1) is 11.8 Å². The summed E-state index contributed by atoms with van der Waals surface area (Å²) in [7, 11) is 0. The number of hydrogen-bond donors (Lipinski definition) is 1. The van der Waals surface area contributed by atoms with E-state index < -0.39 is 0 Å². The quantitative estimate of drug-likeness (QED) is 0.792. The van der Waals surface area contributed by atoms with Gasteiger partial charge < -0.3 is 10.2 Å². The summed E-state index contributed by atoms with van der Waals surface area (Å²) in [6.07, 6.45) is 8.69. The molecule has 1 aliphatic heterocycles. The first-order chi connectivity index (χ1) is 8.29. The van der Waals surface area contributed by atoms with Crippen LogP contribution in [0.4, 0.5) is 0 Å². The minimum Gasteiger partial charge on any atom is -0.313 e. The van der Waals surface area contributed by atoms with Crippen LogP contribution in [0.2, 0.25) is 0 Å². The predicted molar refractivity (Wildman–Crippen MR) is 74.3 cm³/mol. The van der Waals surface area contributed by atoms with Crippen LogP contribution in [0.15, 0.2) is 0 Å². The first-order valence-electron chi connectivity index (χ1n) is 7.75. The smallest absolute Gasteiger partial charge is 0.0223 e. The lowest BCUT2D eigenvalue weighted by atomic mass is 9.95. The SMILES string of the molecule is CCNC(CN1CCCC(C)C1)C1CCCC1. The Bertz CT molecular complexity index is 211. The Labute approximate surface area is 107 Å². The highest BCUT2D eigenvalue weighted by atomic mass is 15.2. The second-order valence-corrected chi connectivity index (χ2v) is 6.22. The Morgan fingerprint density at radius 1 is 1.18 bits per heavy atom. The number of piperidine rings is 1. The lowest BCUT2D eigenvalue weighted by molar-refractivity contribution is 0.150. The van der Waals surface area contributed by atoms with Crippen LogP contribution in [0.5, 0.6) is 0 Å². The lowest BCUT2D eigenvalue weighted by Gasteiger charge is -2.35. The first kappa shape index (κ1) is 13.4. The van der Waals surface area contributed by atoms with Crippen molar-refractivity contribution in [2.75, 3.05) is 26.2 Å². The molecule has 0 aromatic carbocycles. The van der Waals surface area contributed by atoms with Gasteiger partial charge in [-0.3, -0.25) is 0 Å². The van der Waals surface area contributed by atoms with E-state index in [0.717, 1.165) is 24.4 Å². The first-order valence-corrected chi connectivity index (χ1v) is 7.75. The number of likely N-dealkylation sites (N-methyl/N-ethyl adjacent to an activating group) is 1. The van der Waals surface area contributed by atoms with Crippen molar-refractivity contribution in [3.05, 3.63) is 0 Å². The van der Waals surface area contributed by atoms with Gasteiger partial charge in [-0.15, -0.1) is 0 Å². The maximum Gasteiger partial charge on any atom is 0.0223 e. The van der Waals surface area contributed by atoms with Gasteiger partial charge in [0.15, 0.2) is 0 Å². The lowest BCUT2D eigenvalue weighted by Crippen LogP contribution is -2.47. The van der Waals surface area contributed by atoms with E-state index >= 15 is 0 Å². The van der Waals surface area contributed by atoms with Crippen LogP contribution < -0.4 is 5.32 Å². The number of nitrogens with one attached hydrogen (secondary N) is 1. The molecule has 2 fully saturated rings. The summed E-state index contributed by atoms with van der Waals surface area (Å²) in [4.78, 5) is 2.71. The van der Waals surface area contributed by atoms with E-state index in [1.165, 1.54) is 58.2 Å². The van der Waals surface area contributed by atoms with E-state index in [2.05, 4.69) is 24.1 Å². The molecule has 2 nitrogen and oxygen atoms in total. The third-order valence-corrected chi connectivity index (χ3v) is 4.63. The molecule has 1 N–H and O–H groups in total. The van der Waals surface area contributed by atoms with Gasteiger partial charge >= 0.3 is 0 Å². The monoisotopic (exact) mass is 238 g/mol. The maximum absolute atomic E-state index is 3.75. The van der Waals surface area contributed by atoms with E-state index in [4.69, 9.17) is 0 Å². The van der Waals surface area contributed by atoms with E-state index in [1.807, 2.05) is 0 Å². The van der Waals surface area contributed by atoms with Gasteiger partial charge in [0.05, 0.1) is 0 Å². The largest absolute Gasteiger partial charge is 0.313 e. The van der Waals surface area contributed by atoms with Crippen LogP contribution >= 0.6 is 0 Å². The van der Waals surface area contributed by atoms with E-state index in [1.54, 1.807) is 0 Å². The van der Waals surface area contributed by atoms with Crippen LogP contribution in [0.3, 0.4) is 0 Å². The van der Waals surface area contributed by atoms with E-state index in [0.29, 0.717) is 0 Å². The molecule has 0 aromatic rings. The Balaban J connectivity index is 1.83. The van der Waals surface area contributed by atoms with Gasteiger partial charge in [-0.05, 0) is 50.6 Å². The van der Waals surface area contributed by atoms with Gasteiger partial charge in [-0.25, -0.2) is 0 Å². The fourth-order valence-corrected chi connectivity index (χ4v) is 3.73. The van der Waals surface area contributed by atoms with Crippen molar-refractivity contribution >= 4 is 0 Å². The molecule has 0 amide bonds. The second-order valence-electron chi connectivity index (χ2n) is 6.22. The summed E-state index contributed by atoms with van der Waals surface area (Å²) >= 11 is 0. The molecule has 1 saturated heterocycles. The fraction of sp³-hybridized carbons (Fsp3) is 1.00. The summed E-state index contributed by atoms with van der Waals surface area (Å²) in [6, 6.07) is 0.757. The Hall–Kier alpha value is -0.0800. The molecular weight excluding hydrogens is 208 g/mol. The molecule has 17 heavy (non-hydrogen) atoms. The van der Waals surface area contributed by atoms with Gasteiger partial charge in [0.2, 0.25) is 0 Å². The molecule has 2 unspecified atom stereocenters. The summed E-state index contributed by atoms with van der Waals surface area (Å²) < 4.78 is 0. The van der Waals surface area contributed by atoms with Crippen molar-refractivity contribution < 1.29 is 0 Å². The highest BCUT2D eigenvalue weighted by Crippen LogP contribution is 2.28. The molecule has 0 bridgehead atoms. The van der Waals surface area contributed by atoms with Crippen molar-refractivity contribution in [2.45, 2.75) is 58.4 Å². The molecule has 1 aliphatic carbocycles. The molecule has 2 atom stereocenters. The maximum atomic E-state index is 3.75. The molecule has 100 valence electrons. The molecule has 0 spiro atoms. The van der Waals surface area contributed by atoms with Crippen LogP contribution in [-0.2, 0) is 0 Å². The van der Waals surface area contributed by atoms with Crippen molar-refractivity contribution in [3.8, 4) is 0 Å². The summed E-state index contributed by atoms with van der Waals surface area (Å²) in [5.41, 5.74) is 0. The minimum atomic E-state index is 0.757. The Morgan fingerprint density at radius 2 is 1.94 bits per heavy atom. The zero-order valence-corrected chi connectivity index (χ0v) is 11.8. The fourth-order valence-electron chi connectivity index (χ4n) is 3.73. The number of nitrogens with zero attached hydrogens (tertiary/aromatic N) is 1. The topological polar surface area (TPSA) is 15.3 Å². The zero-order valence-electron chi connectivity index (χ0n) is 11.8. The molecule has 0 radical (unpaired) electrons. The highest BCUT2D eigenvalue weighted by Gasteiger charge is 2.27. The number of hydrogen-bond acceptors (Lipinski definition) is 2. The molecule has 1 heterocycles. The van der Waals surface area contributed by atoms with Crippen molar-refractivity contribution in [1.29, 1.82) is 0 Å². The molecule has 0 aromatic heterocycles. The van der Waals surface area contributed by atoms with Crippen LogP contribution in [-0.4, -0.2) is 37.1 Å². The normalized spacial score (nSPS) is 29.6. The van der Waals surface area contributed by atoms with Crippen molar-refractivity contribution in [3.63, 3.8) is 0 Å². The number of rotatable bonds is 5. The van der Waals surface area contributed by atoms with E-state index in [-0.39, 0.29) is 0 Å². The van der Waals surface area contributed by atoms with E-state index in [9.17, 15) is 0 Å². The Kier molecular flexibility index (Phi) is 5.30. The average Bonchev–Trinajstić information content (AvgIpc) is 2.82. The minimum absolute atomic E-state index is 0.757. The van der Waals surface area contributed by atoms with Crippen molar-refractivity contribution in [2.24, 2.45) is 11.8 Å². The predicted octanol–water partition coefficient (Wildman–Crippen LogP) is 2.89. The van der Waals surface area contributed by atoms with Crippen LogP contribution in [0.1, 0.15) is 52.4 Å². The highest BCUT2D eigenvalue weighted by molar-refractivity contribution is 4.84. The second kappa shape index (κ2) is 6.75. The van der Waals surface area contributed by atoms with Gasteiger partial charge in [-0.1, -0.05) is 26.7 Å². The van der Waals surface area contributed by atoms with Crippen LogP contribution in [0.25, 0.3) is 0 Å². The Morgan fingerprint density at radius 3 is 2.59 bits per heavy atom. The molecular formula is C15H30N2. The van der Waals surface area contributed by atoms with Gasteiger partial charge in [0.25, 0.3) is 0 Å². The third kappa shape index (κ3) is 3.96. The third-order valence-electron chi connectivity index (χ3n) is 4.63. The zero-order chi connectivity index (χ0) is 12.1. The van der Waals surface area contributed by atoms with Gasteiger partial charge in [0.1, 0.15) is 0 Å². The van der Waals surface area contributed by atoms with Crippen molar-refractivity contribution in [1.82, 2.24) is 10.2 Å². The standard InChI is InChI=1S/C15H30N2/c1-3-16-15(14-8-4-5-9-14)12-17-10-6-7-13(2)11-17/h13-16H,3-12H2,1-2H3. The molecule has 2 heteroatoms. The summed E-state index contributed by atoms with van der Waals surface area (Å²) in [6.45, 7) is 9.74. The molecule has 2 rings (SSSR count). The summed E-state index contributed by atoms with van der Waals surface area (Å²) in [5, 5.41) is 3.75. The van der Waals surface area contributed by atoms with Gasteiger partial charge in [-0.2, -0.15) is 0 Å². The van der Waals surface area contributed by atoms with Gasteiger partial charge in [0, 0.05) is 19.1 Å². The number of likely N-dealkylation sites (tertiary alicyclic amines) is 1.